The zero-order valence-corrected chi connectivity index (χ0v) is 15.2. The van der Waals surface area contributed by atoms with Gasteiger partial charge >= 0.3 is 0 Å². The first-order chi connectivity index (χ1) is 8.80. The highest BCUT2D eigenvalue weighted by Crippen LogP contribution is 2.13. The first-order valence-electron chi connectivity index (χ1n) is 6.68. The standard InChI is InChI=1S/C13H24N4S.HI/c1-4-6-8-15-13(14-3)16-9-7-12-17-10-11(5-2)18-12;/h10H,4-9H2,1-3H3,(H2,14,15,16);1H. The monoisotopic (exact) mass is 396 g/mol. The van der Waals surface area contributed by atoms with Crippen LogP contribution in [0, 0.1) is 0 Å². The summed E-state index contributed by atoms with van der Waals surface area (Å²) in [6.45, 7) is 6.20. The van der Waals surface area contributed by atoms with E-state index in [4.69, 9.17) is 0 Å². The molecule has 0 aromatic carbocycles. The van der Waals surface area contributed by atoms with Crippen molar-refractivity contribution in [3.05, 3.63) is 16.1 Å². The third kappa shape index (κ3) is 7.71. The van der Waals surface area contributed by atoms with Gasteiger partial charge in [0.05, 0.1) is 5.01 Å². The summed E-state index contributed by atoms with van der Waals surface area (Å²) < 4.78 is 0. The minimum absolute atomic E-state index is 0. The molecule has 2 N–H and O–H groups in total. The van der Waals surface area contributed by atoms with Crippen LogP contribution in [-0.2, 0) is 12.8 Å². The fraction of sp³-hybridized carbons (Fsp3) is 0.692. The molecule has 0 unspecified atom stereocenters. The lowest BCUT2D eigenvalue weighted by molar-refractivity contribution is 0.726. The van der Waals surface area contributed by atoms with E-state index in [2.05, 4.69) is 34.5 Å². The number of aliphatic imine (C=N–C) groups is 1. The summed E-state index contributed by atoms with van der Waals surface area (Å²) in [5.41, 5.74) is 0. The first-order valence-corrected chi connectivity index (χ1v) is 7.49. The van der Waals surface area contributed by atoms with Crippen molar-refractivity contribution in [2.45, 2.75) is 39.5 Å². The third-order valence-corrected chi connectivity index (χ3v) is 3.83. The molecule has 4 nitrogen and oxygen atoms in total. The third-order valence-electron chi connectivity index (χ3n) is 2.63. The lowest BCUT2D eigenvalue weighted by atomic mass is 10.3. The number of nitrogens with zero attached hydrogens (tertiary/aromatic N) is 2. The lowest BCUT2D eigenvalue weighted by Crippen LogP contribution is -2.38. The molecule has 1 rings (SSSR count). The summed E-state index contributed by atoms with van der Waals surface area (Å²) in [4.78, 5) is 9.95. The molecule has 0 aliphatic heterocycles. The van der Waals surface area contributed by atoms with Crippen molar-refractivity contribution >= 4 is 41.3 Å². The van der Waals surface area contributed by atoms with Crippen LogP contribution < -0.4 is 10.6 Å². The van der Waals surface area contributed by atoms with Crippen molar-refractivity contribution < 1.29 is 0 Å². The van der Waals surface area contributed by atoms with E-state index in [0.29, 0.717) is 0 Å². The largest absolute Gasteiger partial charge is 0.356 e. The van der Waals surface area contributed by atoms with Crippen molar-refractivity contribution in [1.29, 1.82) is 0 Å². The van der Waals surface area contributed by atoms with E-state index in [-0.39, 0.29) is 24.0 Å². The number of halogens is 1. The maximum Gasteiger partial charge on any atom is 0.190 e. The van der Waals surface area contributed by atoms with Crippen LogP contribution in [0.5, 0.6) is 0 Å². The molecule has 0 aliphatic rings. The molecule has 0 aliphatic carbocycles. The van der Waals surface area contributed by atoms with E-state index in [1.807, 2.05) is 6.20 Å². The summed E-state index contributed by atoms with van der Waals surface area (Å²) >= 11 is 1.80. The minimum Gasteiger partial charge on any atom is -0.356 e. The molecule has 0 radical (unpaired) electrons. The van der Waals surface area contributed by atoms with Gasteiger partial charge in [-0.1, -0.05) is 20.3 Å². The Morgan fingerprint density at radius 1 is 1.32 bits per heavy atom. The van der Waals surface area contributed by atoms with Crippen LogP contribution >= 0.6 is 35.3 Å². The zero-order chi connectivity index (χ0) is 13.2. The number of aromatic nitrogens is 1. The van der Waals surface area contributed by atoms with Gasteiger partial charge in [-0.25, -0.2) is 4.98 Å². The van der Waals surface area contributed by atoms with Gasteiger partial charge in [-0.05, 0) is 12.8 Å². The molecule has 0 spiro atoms. The quantitative estimate of drug-likeness (QED) is 0.323. The van der Waals surface area contributed by atoms with Gasteiger partial charge in [0.1, 0.15) is 0 Å². The molecule has 110 valence electrons. The van der Waals surface area contributed by atoms with Gasteiger partial charge in [0.15, 0.2) is 5.96 Å². The van der Waals surface area contributed by atoms with E-state index in [1.165, 1.54) is 22.7 Å². The van der Waals surface area contributed by atoms with Gasteiger partial charge in [-0.15, -0.1) is 35.3 Å². The molecule has 0 bridgehead atoms. The molecule has 1 aromatic rings. The number of nitrogens with one attached hydrogen (secondary N) is 2. The zero-order valence-electron chi connectivity index (χ0n) is 12.0. The highest BCUT2D eigenvalue weighted by atomic mass is 127. The Bertz CT molecular complexity index is 365. The van der Waals surface area contributed by atoms with Gasteiger partial charge in [0, 0.05) is 37.6 Å². The van der Waals surface area contributed by atoms with E-state index in [9.17, 15) is 0 Å². The van der Waals surface area contributed by atoms with Crippen molar-refractivity contribution in [2.75, 3.05) is 20.1 Å². The molecular weight excluding hydrogens is 371 g/mol. The summed E-state index contributed by atoms with van der Waals surface area (Å²) in [5, 5.41) is 7.80. The van der Waals surface area contributed by atoms with Crippen LogP contribution in [0.4, 0.5) is 0 Å². The van der Waals surface area contributed by atoms with Crippen LogP contribution in [0.2, 0.25) is 0 Å². The lowest BCUT2D eigenvalue weighted by Gasteiger charge is -2.10. The molecule has 0 saturated heterocycles. The van der Waals surface area contributed by atoms with Gasteiger partial charge in [0.25, 0.3) is 0 Å². The molecule has 19 heavy (non-hydrogen) atoms. The van der Waals surface area contributed by atoms with E-state index < -0.39 is 0 Å². The van der Waals surface area contributed by atoms with Crippen LogP contribution in [0.15, 0.2) is 11.2 Å². The Labute approximate surface area is 137 Å². The maximum absolute atomic E-state index is 4.40. The van der Waals surface area contributed by atoms with Crippen LogP contribution in [0.3, 0.4) is 0 Å². The number of thiazole rings is 1. The summed E-state index contributed by atoms with van der Waals surface area (Å²) in [7, 11) is 1.81. The Morgan fingerprint density at radius 2 is 2.05 bits per heavy atom. The molecule has 0 atom stereocenters. The van der Waals surface area contributed by atoms with Gasteiger partial charge in [0.2, 0.25) is 0 Å². The molecule has 1 heterocycles. The van der Waals surface area contributed by atoms with Crippen molar-refractivity contribution in [2.24, 2.45) is 4.99 Å². The summed E-state index contributed by atoms with van der Waals surface area (Å²) in [6, 6.07) is 0. The highest BCUT2D eigenvalue weighted by molar-refractivity contribution is 14.0. The number of rotatable bonds is 7. The normalized spacial score (nSPS) is 11.0. The molecule has 6 heteroatoms. The van der Waals surface area contributed by atoms with Gasteiger partial charge < -0.3 is 10.6 Å². The van der Waals surface area contributed by atoms with Crippen molar-refractivity contribution in [3.8, 4) is 0 Å². The Hall–Kier alpha value is -0.370. The average molecular weight is 396 g/mol. The second-order valence-corrected chi connectivity index (χ2v) is 5.30. The minimum atomic E-state index is 0. The van der Waals surface area contributed by atoms with Crippen molar-refractivity contribution in [1.82, 2.24) is 15.6 Å². The predicted octanol–water partition coefficient (Wildman–Crippen LogP) is 2.83. The van der Waals surface area contributed by atoms with Crippen molar-refractivity contribution in [3.63, 3.8) is 0 Å². The number of hydrogen-bond acceptors (Lipinski definition) is 3. The maximum atomic E-state index is 4.40. The Balaban J connectivity index is 0.00000324. The SMILES string of the molecule is CCCCNC(=NC)NCCc1ncc(CC)s1.I. The summed E-state index contributed by atoms with van der Waals surface area (Å²) in [5.74, 6) is 0.885. The average Bonchev–Trinajstić information content (AvgIpc) is 2.85. The molecule has 1 aromatic heterocycles. The van der Waals surface area contributed by atoms with Crippen LogP contribution in [0.1, 0.15) is 36.6 Å². The molecule has 0 fully saturated rings. The number of unbranched alkanes of at least 4 members (excludes halogenated alkanes) is 1. The van der Waals surface area contributed by atoms with Gasteiger partial charge in [-0.3, -0.25) is 4.99 Å². The molecule has 0 saturated carbocycles. The second kappa shape index (κ2) is 11.5. The number of hydrogen-bond donors (Lipinski definition) is 2. The number of aryl methyl sites for hydroxylation is 1. The van der Waals surface area contributed by atoms with Gasteiger partial charge in [-0.2, -0.15) is 0 Å². The Morgan fingerprint density at radius 3 is 2.63 bits per heavy atom. The number of guanidine groups is 1. The fourth-order valence-electron chi connectivity index (χ4n) is 1.52. The second-order valence-electron chi connectivity index (χ2n) is 4.10. The summed E-state index contributed by atoms with van der Waals surface area (Å²) in [6.07, 6.45) is 6.38. The van der Waals surface area contributed by atoms with Crippen LogP contribution in [-0.4, -0.2) is 31.1 Å². The van der Waals surface area contributed by atoms with Crippen LogP contribution in [0.25, 0.3) is 0 Å². The topological polar surface area (TPSA) is 49.3 Å². The highest BCUT2D eigenvalue weighted by Gasteiger charge is 2.01. The smallest absolute Gasteiger partial charge is 0.190 e. The molecular formula is C13H25IN4S. The van der Waals surface area contributed by atoms with E-state index in [0.717, 1.165) is 31.9 Å². The first kappa shape index (κ1) is 18.6. The predicted molar refractivity (Wildman–Crippen MR) is 94.9 cm³/mol. The fourth-order valence-corrected chi connectivity index (χ4v) is 2.38. The molecule has 0 amide bonds. The Kier molecular flexibility index (Phi) is 11.2. The van der Waals surface area contributed by atoms with E-state index >= 15 is 0 Å². The van der Waals surface area contributed by atoms with E-state index in [1.54, 1.807) is 18.4 Å².